The Bertz CT molecular complexity index is 1300. The van der Waals surface area contributed by atoms with E-state index < -0.39 is 40.8 Å². The summed E-state index contributed by atoms with van der Waals surface area (Å²) < 4.78 is 19.0. The van der Waals surface area contributed by atoms with Gasteiger partial charge in [-0.1, -0.05) is 106 Å². The van der Waals surface area contributed by atoms with Crippen LogP contribution < -0.4 is 5.32 Å². The summed E-state index contributed by atoms with van der Waals surface area (Å²) in [7, 11) is -2.90. The molecule has 1 fully saturated rings. The molecule has 296 valence electrons. The number of amides is 2. The molecule has 0 aliphatic carbocycles. The minimum absolute atomic E-state index is 0.111. The Morgan fingerprint density at radius 2 is 1.50 bits per heavy atom. The van der Waals surface area contributed by atoms with Crippen molar-refractivity contribution >= 4 is 34.4 Å². The number of carbonyl (C=O) groups excluding carboxylic acids is 3. The molecule has 1 heterocycles. The van der Waals surface area contributed by atoms with Gasteiger partial charge in [-0.25, -0.2) is 4.79 Å². The molecular weight excluding hydrogens is 685 g/mol. The fourth-order valence-electron chi connectivity index (χ4n) is 7.91. The topological polar surface area (TPSA) is 94.2 Å². The zero-order valence-corrected chi connectivity index (χ0v) is 37.4. The van der Waals surface area contributed by atoms with Crippen molar-refractivity contribution in [2.24, 2.45) is 5.92 Å². The molecule has 2 rings (SSSR count). The normalized spacial score (nSPS) is 18.5. The maximum atomic E-state index is 14.2. The third-order valence-electron chi connectivity index (χ3n) is 11.7. The molecule has 52 heavy (non-hydrogen) atoms. The van der Waals surface area contributed by atoms with Gasteiger partial charge in [-0.3, -0.25) is 9.59 Å². The fraction of sp³-hybridized carbons (Fsp3) is 0.738. The first-order chi connectivity index (χ1) is 24.1. The molecule has 0 spiro atoms. The van der Waals surface area contributed by atoms with Crippen molar-refractivity contribution in [3.05, 3.63) is 47.5 Å². The van der Waals surface area contributed by atoms with Gasteiger partial charge in [-0.2, -0.15) is 0 Å². The van der Waals surface area contributed by atoms with E-state index in [1.54, 1.807) is 4.90 Å². The van der Waals surface area contributed by atoms with Crippen LogP contribution in [0.4, 0.5) is 0 Å². The van der Waals surface area contributed by atoms with Crippen LogP contribution in [-0.4, -0.2) is 77.3 Å². The van der Waals surface area contributed by atoms with Crippen molar-refractivity contribution in [2.45, 2.75) is 181 Å². The lowest BCUT2D eigenvalue weighted by Gasteiger charge is -2.45. The Morgan fingerprint density at radius 1 is 0.923 bits per heavy atom. The second-order valence-electron chi connectivity index (χ2n) is 17.8. The van der Waals surface area contributed by atoms with Crippen molar-refractivity contribution in [2.75, 3.05) is 13.7 Å². The molecule has 0 saturated carbocycles. The minimum atomic E-state index is -2.39. The third-order valence-corrected chi connectivity index (χ3v) is 22.4. The number of allylic oxidation sites excluding steroid dienone is 1. The molecule has 8 nitrogen and oxygen atoms in total. The van der Waals surface area contributed by atoms with Gasteiger partial charge in [-0.15, -0.1) is 0 Å². The average molecular weight is 759 g/mol. The summed E-state index contributed by atoms with van der Waals surface area (Å²) in [6, 6.07) is 8.24. The zero-order chi connectivity index (χ0) is 39.6. The van der Waals surface area contributed by atoms with Gasteiger partial charge in [0.25, 0.3) is 0 Å². The molecule has 1 aliphatic heterocycles. The summed E-state index contributed by atoms with van der Waals surface area (Å²) in [6.45, 7) is 32.0. The van der Waals surface area contributed by atoms with E-state index in [-0.39, 0.29) is 35.3 Å². The maximum Gasteiger partial charge on any atom is 0.328 e. The van der Waals surface area contributed by atoms with E-state index in [1.165, 1.54) is 7.11 Å². The van der Waals surface area contributed by atoms with Crippen LogP contribution in [0, 0.1) is 5.92 Å². The predicted octanol–water partition coefficient (Wildman–Crippen LogP) is 9.60. The quantitative estimate of drug-likeness (QED) is 0.0859. The Balaban J connectivity index is 2.41. The molecular formula is C42H74N2O6Si2. The lowest BCUT2D eigenvalue weighted by molar-refractivity contribution is -0.151. The van der Waals surface area contributed by atoms with Crippen molar-refractivity contribution in [1.82, 2.24) is 10.2 Å². The standard InChI is InChI=1S/C42H74N2O6Si2/c1-29(2)52(30(3)4,31(5)6)50-38(33(8)26-32(7)23-24-34(9)49-51(14,15)42(10,11)12)28-39(45)43-36(27-35-20-17-16-18-21-35)40(46)44-25-19-22-37(44)41(47)48-13/h16-18,20-21,26,29-32,34,36-38H,19,22-25,27-28H2,1-15H3,(H,43,45)/b33-26+/t32-,34-,36+,37+,38-/m1/s1. The van der Waals surface area contributed by atoms with Gasteiger partial charge in [-0.05, 0) is 91.3 Å². The number of hydrogen-bond donors (Lipinski definition) is 1. The second kappa shape index (κ2) is 19.9. The Labute approximate surface area is 319 Å². The molecule has 0 unspecified atom stereocenters. The highest BCUT2D eigenvalue weighted by molar-refractivity contribution is 6.77. The highest BCUT2D eigenvalue weighted by atomic mass is 28.4. The van der Waals surface area contributed by atoms with Crippen molar-refractivity contribution in [1.29, 1.82) is 0 Å². The van der Waals surface area contributed by atoms with Gasteiger partial charge in [0.1, 0.15) is 12.1 Å². The van der Waals surface area contributed by atoms with Crippen LogP contribution in [0.1, 0.15) is 121 Å². The number of carbonyl (C=O) groups is 3. The first kappa shape index (κ1) is 45.9. The molecule has 0 bridgehead atoms. The van der Waals surface area contributed by atoms with Gasteiger partial charge >= 0.3 is 5.97 Å². The van der Waals surface area contributed by atoms with Gasteiger partial charge in [0.15, 0.2) is 8.32 Å². The minimum Gasteiger partial charge on any atom is -0.467 e. The number of benzene rings is 1. The number of likely N-dealkylation sites (tertiary alicyclic amines) is 1. The molecule has 0 radical (unpaired) electrons. The van der Waals surface area contributed by atoms with Crippen LogP contribution in [0.15, 0.2) is 42.0 Å². The molecule has 1 aromatic carbocycles. The van der Waals surface area contributed by atoms with Crippen molar-refractivity contribution in [3.63, 3.8) is 0 Å². The van der Waals surface area contributed by atoms with Gasteiger partial charge in [0, 0.05) is 19.1 Å². The third kappa shape index (κ3) is 12.4. The average Bonchev–Trinajstić information content (AvgIpc) is 3.54. The van der Waals surface area contributed by atoms with E-state index in [0.29, 0.717) is 42.4 Å². The smallest absolute Gasteiger partial charge is 0.328 e. The summed E-state index contributed by atoms with van der Waals surface area (Å²) in [4.78, 5) is 42.5. The summed E-state index contributed by atoms with van der Waals surface area (Å²) in [5.41, 5.74) is 3.01. The lowest BCUT2D eigenvalue weighted by atomic mass is 9.97. The van der Waals surface area contributed by atoms with Crippen molar-refractivity contribution in [3.8, 4) is 0 Å². The Morgan fingerprint density at radius 3 is 2.02 bits per heavy atom. The fourth-order valence-corrected chi connectivity index (χ4v) is 15.0. The zero-order valence-electron chi connectivity index (χ0n) is 35.4. The van der Waals surface area contributed by atoms with E-state index in [4.69, 9.17) is 13.6 Å². The van der Waals surface area contributed by atoms with Gasteiger partial charge in [0.05, 0.1) is 19.6 Å². The number of rotatable bonds is 19. The van der Waals surface area contributed by atoms with Gasteiger partial charge < -0.3 is 23.8 Å². The van der Waals surface area contributed by atoms with Crippen LogP contribution in [0.5, 0.6) is 0 Å². The molecule has 0 aromatic heterocycles. The maximum absolute atomic E-state index is 14.2. The first-order valence-corrected chi connectivity index (χ1v) is 24.9. The summed E-state index contributed by atoms with van der Waals surface area (Å²) in [5.74, 6) is -0.639. The molecule has 10 heteroatoms. The van der Waals surface area contributed by atoms with Crippen LogP contribution in [0.25, 0.3) is 0 Å². The number of methoxy groups -OCH3 is 1. The predicted molar refractivity (Wildman–Crippen MR) is 219 cm³/mol. The SMILES string of the molecule is COC(=O)[C@@H]1CCCN1C(=O)[C@H](Cc1ccccc1)NC(=O)C[C@@H](O[Si](C(C)C)(C(C)C)C(C)C)/C(C)=C/[C@H](C)CC[C@@H](C)O[Si](C)(C)C(C)(C)C. The second-order valence-corrected chi connectivity index (χ2v) is 28.0. The number of esters is 1. The van der Waals surface area contributed by atoms with Crippen LogP contribution >= 0.6 is 0 Å². The van der Waals surface area contributed by atoms with Crippen LogP contribution in [-0.2, 0) is 34.4 Å². The largest absolute Gasteiger partial charge is 0.467 e. The number of nitrogens with zero attached hydrogens (tertiary/aromatic N) is 1. The first-order valence-electron chi connectivity index (χ1n) is 19.8. The van der Waals surface area contributed by atoms with E-state index in [2.05, 4.69) is 108 Å². The van der Waals surface area contributed by atoms with E-state index in [9.17, 15) is 14.4 Å². The molecule has 5 atom stereocenters. The summed E-state index contributed by atoms with van der Waals surface area (Å²) >= 11 is 0. The molecule has 1 saturated heterocycles. The number of ether oxygens (including phenoxy) is 1. The Kier molecular flexibility index (Phi) is 17.5. The van der Waals surface area contributed by atoms with Crippen LogP contribution in [0.2, 0.25) is 34.8 Å². The van der Waals surface area contributed by atoms with Crippen molar-refractivity contribution < 1.29 is 28.0 Å². The monoisotopic (exact) mass is 759 g/mol. The van der Waals surface area contributed by atoms with E-state index in [0.717, 1.165) is 24.0 Å². The molecule has 1 aliphatic rings. The van der Waals surface area contributed by atoms with Gasteiger partial charge in [0.2, 0.25) is 20.1 Å². The number of nitrogens with one attached hydrogen (secondary N) is 1. The molecule has 1 aromatic rings. The summed E-state index contributed by atoms with van der Waals surface area (Å²) in [6.07, 6.45) is 5.66. The molecule has 2 amide bonds. The summed E-state index contributed by atoms with van der Waals surface area (Å²) in [5, 5.41) is 3.28. The van der Waals surface area contributed by atoms with Crippen LogP contribution in [0.3, 0.4) is 0 Å². The lowest BCUT2D eigenvalue weighted by Crippen LogP contribution is -2.54. The number of hydrogen-bond acceptors (Lipinski definition) is 6. The van der Waals surface area contributed by atoms with E-state index >= 15 is 0 Å². The molecule has 1 N–H and O–H groups in total. The Hall–Kier alpha value is -2.28. The van der Waals surface area contributed by atoms with E-state index in [1.807, 2.05) is 30.3 Å². The highest BCUT2D eigenvalue weighted by Crippen LogP contribution is 2.44. The highest BCUT2D eigenvalue weighted by Gasteiger charge is 2.47.